The van der Waals surface area contributed by atoms with E-state index < -0.39 is 41.3 Å². The molecule has 10 nitrogen and oxygen atoms in total. The minimum Gasteiger partial charge on any atom is -0.497 e. The summed E-state index contributed by atoms with van der Waals surface area (Å²) in [6.07, 6.45) is -3.13. The zero-order chi connectivity index (χ0) is 34.6. The van der Waals surface area contributed by atoms with E-state index in [0.29, 0.717) is 17.1 Å². The number of ether oxygens (including phenoxy) is 4. The van der Waals surface area contributed by atoms with Gasteiger partial charge < -0.3 is 29.4 Å². The maximum Gasteiger partial charge on any atom is 0.351 e. The number of anilines is 1. The topological polar surface area (TPSA) is 121 Å². The van der Waals surface area contributed by atoms with Crippen LogP contribution in [0.5, 0.6) is 11.5 Å². The van der Waals surface area contributed by atoms with Gasteiger partial charge in [-0.1, -0.05) is 72.8 Å². The summed E-state index contributed by atoms with van der Waals surface area (Å²) >= 11 is 0. The van der Waals surface area contributed by atoms with E-state index in [0.717, 1.165) is 28.2 Å². The summed E-state index contributed by atoms with van der Waals surface area (Å²) < 4.78 is 41.0. The van der Waals surface area contributed by atoms with Crippen molar-refractivity contribution in [1.29, 1.82) is 0 Å². The number of rotatable bonds is 11. The Bertz CT molecular complexity index is 1890. The SMILES string of the molecule is COc1ccc(C(OCC2OC(n3ccc(NC(=O)c4ccccc4)nc3=O)C(C)(F)C2O)(c2ccccc2)c2ccc(OC)cc2)cc1. The van der Waals surface area contributed by atoms with E-state index in [1.165, 1.54) is 12.3 Å². The van der Waals surface area contributed by atoms with Crippen LogP contribution in [0.4, 0.5) is 10.2 Å². The fourth-order valence-corrected chi connectivity index (χ4v) is 6.07. The van der Waals surface area contributed by atoms with E-state index in [-0.39, 0.29) is 12.4 Å². The molecule has 252 valence electrons. The summed E-state index contributed by atoms with van der Waals surface area (Å²) in [5, 5.41) is 13.8. The number of halogens is 1. The summed E-state index contributed by atoms with van der Waals surface area (Å²) in [5.74, 6) is 0.827. The molecule has 1 aliphatic rings. The lowest BCUT2D eigenvalue weighted by Crippen LogP contribution is -2.44. The van der Waals surface area contributed by atoms with Crippen molar-refractivity contribution in [3.8, 4) is 11.5 Å². The molecule has 4 atom stereocenters. The molecular weight excluding hydrogens is 629 g/mol. The van der Waals surface area contributed by atoms with E-state index >= 15 is 4.39 Å². The van der Waals surface area contributed by atoms with Crippen LogP contribution in [0, 0.1) is 0 Å². The van der Waals surface area contributed by atoms with Crippen molar-refractivity contribution in [3.63, 3.8) is 0 Å². The molecule has 2 heterocycles. The van der Waals surface area contributed by atoms with Gasteiger partial charge in [0, 0.05) is 11.8 Å². The number of aliphatic hydroxyl groups is 1. The van der Waals surface area contributed by atoms with Gasteiger partial charge in [0.05, 0.1) is 20.8 Å². The highest BCUT2D eigenvalue weighted by Crippen LogP contribution is 2.45. The molecule has 0 radical (unpaired) electrons. The third kappa shape index (κ3) is 6.56. The molecule has 49 heavy (non-hydrogen) atoms. The molecule has 0 aliphatic carbocycles. The zero-order valence-corrected chi connectivity index (χ0v) is 27.2. The predicted octanol–water partition coefficient (Wildman–Crippen LogP) is 5.51. The number of aromatic nitrogens is 2. The van der Waals surface area contributed by atoms with Crippen LogP contribution in [-0.4, -0.2) is 59.3 Å². The Hall–Kier alpha value is -5.36. The van der Waals surface area contributed by atoms with Crippen LogP contribution in [0.3, 0.4) is 0 Å². The van der Waals surface area contributed by atoms with Gasteiger partial charge >= 0.3 is 5.69 Å². The number of hydrogen-bond acceptors (Lipinski definition) is 8. The second-order valence-corrected chi connectivity index (χ2v) is 11.8. The third-order valence-electron chi connectivity index (χ3n) is 8.71. The van der Waals surface area contributed by atoms with Gasteiger partial charge in [0.1, 0.15) is 35.1 Å². The lowest BCUT2D eigenvalue weighted by molar-refractivity contribution is -0.0967. The second kappa shape index (κ2) is 14.0. The Kier molecular flexibility index (Phi) is 9.59. The highest BCUT2D eigenvalue weighted by atomic mass is 19.1. The van der Waals surface area contributed by atoms with E-state index in [1.54, 1.807) is 44.6 Å². The molecule has 11 heteroatoms. The first-order chi connectivity index (χ1) is 23.7. The number of nitrogens with one attached hydrogen (secondary N) is 1. The van der Waals surface area contributed by atoms with Crippen LogP contribution >= 0.6 is 0 Å². The predicted molar refractivity (Wildman–Crippen MR) is 181 cm³/mol. The van der Waals surface area contributed by atoms with E-state index in [9.17, 15) is 14.7 Å². The first kappa shape index (κ1) is 33.5. The van der Waals surface area contributed by atoms with Crippen LogP contribution in [-0.2, 0) is 15.1 Å². The standard InChI is InChI=1S/C38H36FN3O7/c1-37(39)33(43)31(49-35(37)42-23-22-32(41-36(42)45)40-34(44)25-10-6-4-7-11-25)24-48-38(26-12-8-5-9-13-26,27-14-18-29(46-2)19-15-27)28-16-20-30(47-3)21-17-28/h4-23,31,33,35,43H,24H2,1-3H3,(H,40,41,44,45). The van der Waals surface area contributed by atoms with E-state index in [2.05, 4.69) is 10.3 Å². The lowest BCUT2D eigenvalue weighted by Gasteiger charge is -2.37. The number of amides is 1. The van der Waals surface area contributed by atoms with Gasteiger partial charge in [-0.05, 0) is 66.1 Å². The summed E-state index contributed by atoms with van der Waals surface area (Å²) in [6.45, 7) is 0.898. The fourth-order valence-electron chi connectivity index (χ4n) is 6.07. The summed E-state index contributed by atoms with van der Waals surface area (Å²) in [4.78, 5) is 29.6. The Morgan fingerprint density at radius 3 is 1.94 bits per heavy atom. The quantitative estimate of drug-likeness (QED) is 0.177. The fraction of sp³-hybridized carbons (Fsp3) is 0.237. The van der Waals surface area contributed by atoms with E-state index in [4.69, 9.17) is 18.9 Å². The van der Waals surface area contributed by atoms with Crippen molar-refractivity contribution in [2.24, 2.45) is 0 Å². The average molecular weight is 666 g/mol. The molecule has 4 aromatic carbocycles. The van der Waals surface area contributed by atoms with Gasteiger partial charge in [0.2, 0.25) is 0 Å². The molecule has 1 saturated heterocycles. The lowest BCUT2D eigenvalue weighted by atomic mass is 9.80. The molecule has 0 spiro atoms. The van der Waals surface area contributed by atoms with Crippen molar-refractivity contribution in [2.45, 2.75) is 36.6 Å². The van der Waals surface area contributed by atoms with Crippen LogP contribution < -0.4 is 20.5 Å². The molecule has 1 aliphatic heterocycles. The number of carbonyl (C=O) groups excluding carboxylic acids is 1. The monoisotopic (exact) mass is 665 g/mol. The first-order valence-corrected chi connectivity index (χ1v) is 15.6. The molecule has 1 aromatic heterocycles. The number of benzene rings is 4. The molecule has 1 amide bonds. The van der Waals surface area contributed by atoms with Crippen LogP contribution in [0.25, 0.3) is 0 Å². The highest BCUT2D eigenvalue weighted by molar-refractivity contribution is 6.03. The Morgan fingerprint density at radius 1 is 0.878 bits per heavy atom. The van der Waals surface area contributed by atoms with Gasteiger partial charge in [0.15, 0.2) is 11.9 Å². The maximum atomic E-state index is 16.4. The van der Waals surface area contributed by atoms with Crippen molar-refractivity contribution >= 4 is 11.7 Å². The minimum absolute atomic E-state index is 0.0132. The third-order valence-corrected chi connectivity index (χ3v) is 8.71. The van der Waals surface area contributed by atoms with E-state index in [1.807, 2.05) is 78.9 Å². The number of carbonyl (C=O) groups is 1. The smallest absolute Gasteiger partial charge is 0.351 e. The number of methoxy groups -OCH3 is 2. The molecule has 0 saturated carbocycles. The molecule has 0 bridgehead atoms. The number of aliphatic hydroxyl groups excluding tert-OH is 1. The van der Waals surface area contributed by atoms with Gasteiger partial charge in [-0.2, -0.15) is 4.98 Å². The molecule has 4 unspecified atom stereocenters. The largest absolute Gasteiger partial charge is 0.497 e. The molecular formula is C38H36FN3O7. The van der Waals surface area contributed by atoms with Gasteiger partial charge in [0.25, 0.3) is 5.91 Å². The van der Waals surface area contributed by atoms with Crippen molar-refractivity contribution in [2.75, 3.05) is 26.1 Å². The summed E-state index contributed by atoms with van der Waals surface area (Å²) in [5.41, 5.74) is -1.90. The van der Waals surface area contributed by atoms with Gasteiger partial charge in [-0.15, -0.1) is 0 Å². The highest BCUT2D eigenvalue weighted by Gasteiger charge is 2.56. The Balaban J connectivity index is 1.31. The van der Waals surface area contributed by atoms with Gasteiger partial charge in [-0.25, -0.2) is 9.18 Å². The summed E-state index contributed by atoms with van der Waals surface area (Å²) in [6, 6.07) is 34.1. The Labute approximate surface area is 282 Å². The molecule has 2 N–H and O–H groups in total. The maximum absolute atomic E-state index is 16.4. The van der Waals surface area contributed by atoms with Crippen LogP contribution in [0.2, 0.25) is 0 Å². The number of hydrogen-bond donors (Lipinski definition) is 2. The normalized spacial score (nSPS) is 20.5. The minimum atomic E-state index is -2.41. The van der Waals surface area contributed by atoms with Crippen LogP contribution in [0.15, 0.2) is 126 Å². The molecule has 1 fully saturated rings. The van der Waals surface area contributed by atoms with Crippen molar-refractivity contribution in [3.05, 3.63) is 154 Å². The molecule has 6 rings (SSSR count). The molecule has 5 aromatic rings. The summed E-state index contributed by atoms with van der Waals surface area (Å²) in [7, 11) is 3.16. The van der Waals surface area contributed by atoms with Crippen molar-refractivity contribution < 1.29 is 33.2 Å². The second-order valence-electron chi connectivity index (χ2n) is 11.8. The van der Waals surface area contributed by atoms with Crippen LogP contribution in [0.1, 0.15) is 40.2 Å². The zero-order valence-electron chi connectivity index (χ0n) is 27.2. The van der Waals surface area contributed by atoms with Gasteiger partial charge in [-0.3, -0.25) is 9.36 Å². The number of alkyl halides is 1. The van der Waals surface area contributed by atoms with Crippen molar-refractivity contribution in [1.82, 2.24) is 9.55 Å². The first-order valence-electron chi connectivity index (χ1n) is 15.6. The average Bonchev–Trinajstić information content (AvgIpc) is 3.36. The number of nitrogens with zero attached hydrogens (tertiary/aromatic N) is 2. The Morgan fingerprint density at radius 2 is 1.41 bits per heavy atom.